The number of hydrogen-bond donors (Lipinski definition) is 9. The van der Waals surface area contributed by atoms with Crippen LogP contribution < -0.4 is 10.6 Å². The molecule has 0 aromatic carbocycles. The lowest BCUT2D eigenvalue weighted by Crippen LogP contribution is -2.27. The van der Waals surface area contributed by atoms with Crippen molar-refractivity contribution in [3.8, 4) is 0 Å². The number of hydrogen-bond acceptors (Lipinski definition) is 17. The Labute approximate surface area is 253 Å². The molecule has 0 spiro atoms. The molecular weight excluding hydrogens is 715 g/mol. The fourth-order valence-electron chi connectivity index (χ4n) is 2.54. The predicted octanol–water partition coefficient (Wildman–Crippen LogP) is 0.189. The second-order valence-corrected chi connectivity index (χ2v) is 15.3. The predicted molar refractivity (Wildman–Crippen MR) is 149 cm³/mol. The van der Waals surface area contributed by atoms with E-state index in [1.165, 1.54) is 14.1 Å². The van der Waals surface area contributed by atoms with Gasteiger partial charge < -0.3 is 40.0 Å². The lowest BCUT2D eigenvalue weighted by Gasteiger charge is -2.21. The lowest BCUT2D eigenvalue weighted by molar-refractivity contribution is 0.0716. The molecule has 0 saturated carbocycles. The smallest absolute Gasteiger partial charge is 0.319 e. The summed E-state index contributed by atoms with van der Waals surface area (Å²) in [4.78, 5) is 56.1. The molecule has 8 N–H and O–H groups in total. The first kappa shape index (κ1) is 43.8. The highest BCUT2D eigenvalue weighted by atomic mass is 32.1. The van der Waals surface area contributed by atoms with Crippen LogP contribution in [0.2, 0.25) is 0 Å². The maximum Gasteiger partial charge on any atom is 0.473 e. The van der Waals surface area contributed by atoms with E-state index >= 15 is 0 Å². The van der Waals surface area contributed by atoms with E-state index in [0.29, 0.717) is 0 Å². The molecule has 0 rings (SSSR count). The largest absolute Gasteiger partial charge is 0.473 e. The highest BCUT2D eigenvalue weighted by molar-refractivity contribution is 7.80. The van der Waals surface area contributed by atoms with Gasteiger partial charge >= 0.3 is 39.1 Å². The summed E-state index contributed by atoms with van der Waals surface area (Å²) in [7, 11) is -20.3. The van der Waals surface area contributed by atoms with Gasteiger partial charge in [0.25, 0.3) is 0 Å². The molecule has 0 aliphatic carbocycles. The van der Waals surface area contributed by atoms with Gasteiger partial charge in [0.15, 0.2) is 0 Å². The second kappa shape index (κ2) is 21.6. The van der Waals surface area contributed by atoms with Gasteiger partial charge in [-0.2, -0.15) is 12.6 Å². The van der Waals surface area contributed by atoms with Crippen LogP contribution in [0.3, 0.4) is 0 Å². The van der Waals surface area contributed by atoms with E-state index in [1.54, 1.807) is 0 Å². The molecule has 0 aromatic heterocycles. The van der Waals surface area contributed by atoms with Crippen LogP contribution in [0.5, 0.6) is 0 Å². The first-order chi connectivity index (χ1) is 19.8. The van der Waals surface area contributed by atoms with Gasteiger partial charge in [0.2, 0.25) is 0 Å². The van der Waals surface area contributed by atoms with Crippen LogP contribution in [-0.4, -0.2) is 115 Å². The molecular formula is C15H39N2O20P5S. The zero-order valence-corrected chi connectivity index (χ0v) is 28.4. The molecule has 0 heterocycles. The van der Waals surface area contributed by atoms with E-state index in [2.05, 4.69) is 50.4 Å². The highest BCUT2D eigenvalue weighted by Gasteiger charge is 2.29. The Morgan fingerprint density at radius 3 is 1.05 bits per heavy atom. The summed E-state index contributed by atoms with van der Waals surface area (Å²) in [5.41, 5.74) is 0. The molecule has 6 atom stereocenters. The third-order valence-electron chi connectivity index (χ3n) is 4.29. The molecule has 43 heavy (non-hydrogen) atoms. The maximum absolute atomic E-state index is 12.1. The van der Waals surface area contributed by atoms with Crippen LogP contribution in [0.15, 0.2) is 0 Å². The number of thiol groups is 1. The minimum absolute atomic E-state index is 0.0692. The normalized spacial score (nSPS) is 19.6. The van der Waals surface area contributed by atoms with Gasteiger partial charge in [0, 0.05) is 24.9 Å². The molecule has 260 valence electrons. The van der Waals surface area contributed by atoms with Crippen molar-refractivity contribution in [1.29, 1.82) is 0 Å². The zero-order chi connectivity index (χ0) is 33.2. The van der Waals surface area contributed by atoms with Crippen LogP contribution >= 0.6 is 51.7 Å². The number of rotatable bonds is 28. The van der Waals surface area contributed by atoms with E-state index in [9.17, 15) is 42.4 Å². The molecule has 22 nitrogen and oxygen atoms in total. The zero-order valence-electron chi connectivity index (χ0n) is 23.0. The second-order valence-electron chi connectivity index (χ2n) is 7.99. The van der Waals surface area contributed by atoms with Gasteiger partial charge in [-0.15, -0.1) is 0 Å². The van der Waals surface area contributed by atoms with E-state index in [-0.39, 0.29) is 13.1 Å². The summed E-state index contributed by atoms with van der Waals surface area (Å²) in [5, 5.41) is 5.39. The average molecular weight is 754 g/mol. The van der Waals surface area contributed by atoms with Gasteiger partial charge in [0.1, 0.15) is 5.94 Å². The highest BCUT2D eigenvalue weighted by Crippen LogP contribution is 2.48. The van der Waals surface area contributed by atoms with Crippen LogP contribution in [0.25, 0.3) is 0 Å². The average Bonchev–Trinajstić information content (AvgIpc) is 2.87. The Balaban J connectivity index is 4.55. The quantitative estimate of drug-likeness (QED) is 0.0223. The summed E-state index contributed by atoms with van der Waals surface area (Å²) in [5.74, 6) is -1.95. The van der Waals surface area contributed by atoms with Crippen molar-refractivity contribution in [3.63, 3.8) is 0 Å². The van der Waals surface area contributed by atoms with E-state index in [1.807, 2.05) is 0 Å². The van der Waals surface area contributed by atoms with E-state index < -0.39 is 110 Å². The molecule has 28 heteroatoms. The Morgan fingerprint density at radius 1 is 0.512 bits per heavy atom. The molecule has 0 amide bonds. The lowest BCUT2D eigenvalue weighted by atomic mass is 10.2. The minimum atomic E-state index is -4.77. The summed E-state index contributed by atoms with van der Waals surface area (Å²) in [6, 6.07) is 0. The van der Waals surface area contributed by atoms with Gasteiger partial charge in [-0.05, 0) is 14.1 Å². The standard InChI is InChI=1S/C15H39N2O20P5S/c1-16-7-14(9-33-38(18,19)20)10-34-39(21,22)29-3-4-30-40(23,24)35-11-15(8-17-2)12-36-41(25,26)31-5-6-32-42(27,28)37-13-43/h14-17,43H,3-13H2,1-2H3,(H,21,22)(H,23,24)(H,25,26)(H,27,28)(H2,18,19,20). The molecule has 0 aromatic rings. The third kappa shape index (κ3) is 25.6. The molecule has 0 saturated heterocycles. The van der Waals surface area contributed by atoms with Crippen molar-refractivity contribution in [2.45, 2.75) is 0 Å². The first-order valence-electron chi connectivity index (χ1n) is 11.8. The van der Waals surface area contributed by atoms with Crippen molar-refractivity contribution < 1.29 is 92.9 Å². The summed E-state index contributed by atoms with van der Waals surface area (Å²) < 4.78 is 99.6. The first-order valence-corrected chi connectivity index (χ1v) is 20.0. The summed E-state index contributed by atoms with van der Waals surface area (Å²) in [6.07, 6.45) is 0. The van der Waals surface area contributed by atoms with E-state index in [4.69, 9.17) is 23.4 Å². The number of nitrogens with one attached hydrogen (secondary N) is 2. The van der Waals surface area contributed by atoms with Gasteiger partial charge in [-0.25, -0.2) is 22.8 Å². The summed E-state index contributed by atoms with van der Waals surface area (Å²) in [6.45, 7) is -4.52. The molecule has 0 fully saturated rings. The van der Waals surface area contributed by atoms with Crippen LogP contribution in [0, 0.1) is 11.8 Å². The SMILES string of the molecule is CNCC(COP(=O)(O)O)COP(=O)(O)OCCOP(=O)(O)OCC(CNC)COP(=O)(O)OCCOP(=O)(O)OCS. The van der Waals surface area contributed by atoms with Crippen LogP contribution in [-0.2, 0) is 63.5 Å². The van der Waals surface area contributed by atoms with Crippen molar-refractivity contribution >= 4 is 51.7 Å². The fraction of sp³-hybridized carbons (Fsp3) is 1.00. The Bertz CT molecular complexity index is 1020. The number of phosphoric acid groups is 5. The third-order valence-corrected chi connectivity index (χ3v) is 9.02. The van der Waals surface area contributed by atoms with Crippen molar-refractivity contribution in [2.24, 2.45) is 11.8 Å². The molecule has 0 bridgehead atoms. The Morgan fingerprint density at radius 2 is 0.791 bits per heavy atom. The molecule has 0 aliphatic rings. The van der Waals surface area contributed by atoms with Gasteiger partial charge in [-0.1, -0.05) is 0 Å². The fourth-order valence-corrected chi connectivity index (χ4v) is 6.25. The minimum Gasteiger partial charge on any atom is -0.319 e. The molecule has 0 radical (unpaired) electrons. The Hall–Kier alpha value is 0.820. The Kier molecular flexibility index (Phi) is 22.1. The van der Waals surface area contributed by atoms with Crippen LogP contribution in [0.1, 0.15) is 0 Å². The van der Waals surface area contributed by atoms with Crippen molar-refractivity contribution in [2.75, 3.05) is 86.0 Å². The molecule has 0 aliphatic heterocycles. The monoisotopic (exact) mass is 754 g/mol. The van der Waals surface area contributed by atoms with Gasteiger partial charge in [-0.3, -0.25) is 40.7 Å². The van der Waals surface area contributed by atoms with Crippen molar-refractivity contribution in [3.05, 3.63) is 0 Å². The van der Waals surface area contributed by atoms with Crippen molar-refractivity contribution in [1.82, 2.24) is 10.6 Å². The number of phosphoric ester groups is 5. The van der Waals surface area contributed by atoms with Gasteiger partial charge in [0.05, 0.1) is 52.9 Å². The van der Waals surface area contributed by atoms with Crippen LogP contribution in [0.4, 0.5) is 0 Å². The maximum atomic E-state index is 12.1. The van der Waals surface area contributed by atoms with E-state index in [0.717, 1.165) is 0 Å². The topological polar surface area (TPSA) is 314 Å². The summed E-state index contributed by atoms with van der Waals surface area (Å²) >= 11 is 3.59. The molecule has 6 unspecified atom stereocenters.